The predicted octanol–water partition coefficient (Wildman–Crippen LogP) is 3.24. The zero-order valence-electron chi connectivity index (χ0n) is 15.2. The van der Waals surface area contributed by atoms with Gasteiger partial charge in [0.2, 0.25) is 0 Å². The van der Waals surface area contributed by atoms with Gasteiger partial charge in [0, 0.05) is 24.2 Å². The largest absolute Gasteiger partial charge is 0.368 e. The van der Waals surface area contributed by atoms with E-state index in [1.165, 1.54) is 6.20 Å². The summed E-state index contributed by atoms with van der Waals surface area (Å²) in [5.41, 5.74) is 2.63. The molecule has 0 saturated carbocycles. The van der Waals surface area contributed by atoms with Crippen LogP contribution in [0.5, 0.6) is 0 Å². The Morgan fingerprint density at radius 2 is 1.71 bits per heavy atom. The van der Waals surface area contributed by atoms with E-state index in [2.05, 4.69) is 15.7 Å². The van der Waals surface area contributed by atoms with Gasteiger partial charge in [0.05, 0.1) is 17.4 Å². The summed E-state index contributed by atoms with van der Waals surface area (Å²) in [6.07, 6.45) is 4.49. The molecule has 2 N–H and O–H groups in total. The van der Waals surface area contributed by atoms with Gasteiger partial charge in [0.25, 0.3) is 11.8 Å². The van der Waals surface area contributed by atoms with Gasteiger partial charge in [-0.05, 0) is 49.2 Å². The molecule has 1 aliphatic rings. The van der Waals surface area contributed by atoms with Crippen molar-refractivity contribution in [3.8, 4) is 5.69 Å². The van der Waals surface area contributed by atoms with E-state index < -0.39 is 0 Å². The van der Waals surface area contributed by atoms with E-state index in [1.54, 1.807) is 35.1 Å². The van der Waals surface area contributed by atoms with Crippen LogP contribution in [-0.2, 0) is 9.53 Å². The van der Waals surface area contributed by atoms with E-state index in [0.717, 1.165) is 18.5 Å². The maximum atomic E-state index is 12.4. The van der Waals surface area contributed by atoms with Crippen LogP contribution in [0.15, 0.2) is 67.0 Å². The number of hydrogen-bond acceptors (Lipinski definition) is 4. The van der Waals surface area contributed by atoms with Crippen LogP contribution >= 0.6 is 0 Å². The molecule has 2 aromatic carbocycles. The summed E-state index contributed by atoms with van der Waals surface area (Å²) in [6.45, 7) is 0.629. The van der Waals surface area contributed by atoms with Crippen molar-refractivity contribution >= 4 is 23.2 Å². The molecule has 1 aliphatic heterocycles. The van der Waals surface area contributed by atoms with Crippen LogP contribution in [0.25, 0.3) is 5.69 Å². The highest BCUT2D eigenvalue weighted by atomic mass is 16.5. The van der Waals surface area contributed by atoms with E-state index in [-0.39, 0.29) is 17.9 Å². The average molecular weight is 376 g/mol. The normalized spacial score (nSPS) is 15.9. The second kappa shape index (κ2) is 8.06. The number of rotatable bonds is 5. The number of benzene rings is 2. The summed E-state index contributed by atoms with van der Waals surface area (Å²) < 4.78 is 7.02. The molecule has 142 valence electrons. The van der Waals surface area contributed by atoms with Crippen molar-refractivity contribution < 1.29 is 14.3 Å². The van der Waals surface area contributed by atoms with Crippen LogP contribution in [0, 0.1) is 0 Å². The van der Waals surface area contributed by atoms with E-state index in [1.807, 2.05) is 30.3 Å². The summed E-state index contributed by atoms with van der Waals surface area (Å²) >= 11 is 0. The fourth-order valence-electron chi connectivity index (χ4n) is 3.01. The maximum absolute atomic E-state index is 12.4. The molecule has 1 atom stereocenters. The number of nitrogens with one attached hydrogen (secondary N) is 2. The van der Waals surface area contributed by atoms with Crippen molar-refractivity contribution in [1.29, 1.82) is 0 Å². The second-order valence-corrected chi connectivity index (χ2v) is 6.53. The van der Waals surface area contributed by atoms with Crippen molar-refractivity contribution in [2.45, 2.75) is 18.9 Å². The number of aromatic nitrogens is 2. The Hall–Kier alpha value is -3.45. The highest BCUT2D eigenvalue weighted by molar-refractivity contribution is 6.04. The fraction of sp³-hybridized carbons (Fsp3) is 0.190. The van der Waals surface area contributed by atoms with Gasteiger partial charge in [-0.1, -0.05) is 18.2 Å². The molecule has 7 nitrogen and oxygen atoms in total. The molecule has 2 amide bonds. The first-order valence-electron chi connectivity index (χ1n) is 9.13. The lowest BCUT2D eigenvalue weighted by Gasteiger charge is -2.11. The van der Waals surface area contributed by atoms with Gasteiger partial charge in [-0.3, -0.25) is 9.59 Å². The summed E-state index contributed by atoms with van der Waals surface area (Å²) in [5.74, 6) is -0.388. The Kier molecular flexibility index (Phi) is 5.16. The van der Waals surface area contributed by atoms with Gasteiger partial charge >= 0.3 is 0 Å². The van der Waals surface area contributed by atoms with Gasteiger partial charge in [-0.15, -0.1) is 0 Å². The summed E-state index contributed by atoms with van der Waals surface area (Å²) in [4.78, 5) is 24.5. The zero-order chi connectivity index (χ0) is 19.3. The summed E-state index contributed by atoms with van der Waals surface area (Å²) in [5, 5.41) is 9.89. The highest BCUT2D eigenvalue weighted by Crippen LogP contribution is 2.18. The summed E-state index contributed by atoms with van der Waals surface area (Å²) in [7, 11) is 0. The lowest BCUT2D eigenvalue weighted by molar-refractivity contribution is -0.124. The SMILES string of the molecule is O=C(Nc1ccc(NC(=O)C2CCCO2)cc1)c1cnn(-c2ccccc2)c1. The Labute approximate surface area is 162 Å². The van der Waals surface area contributed by atoms with Crippen molar-refractivity contribution in [3.63, 3.8) is 0 Å². The number of carbonyl (C=O) groups excluding carboxylic acids is 2. The van der Waals surface area contributed by atoms with Crippen LogP contribution in [-0.4, -0.2) is 34.3 Å². The molecule has 28 heavy (non-hydrogen) atoms. The van der Waals surface area contributed by atoms with E-state index in [4.69, 9.17) is 4.74 Å². The molecule has 0 radical (unpaired) electrons. The van der Waals surface area contributed by atoms with Crippen LogP contribution < -0.4 is 10.6 Å². The molecule has 1 unspecified atom stereocenters. The van der Waals surface area contributed by atoms with E-state index in [0.29, 0.717) is 23.5 Å². The average Bonchev–Trinajstić information content (AvgIpc) is 3.42. The monoisotopic (exact) mass is 376 g/mol. The minimum Gasteiger partial charge on any atom is -0.368 e. The molecule has 2 heterocycles. The first kappa shape index (κ1) is 17.9. The van der Waals surface area contributed by atoms with Gasteiger partial charge < -0.3 is 15.4 Å². The molecule has 0 spiro atoms. The third-order valence-corrected chi connectivity index (χ3v) is 4.50. The fourth-order valence-corrected chi connectivity index (χ4v) is 3.01. The van der Waals surface area contributed by atoms with E-state index in [9.17, 15) is 9.59 Å². The Balaban J connectivity index is 1.37. The van der Waals surface area contributed by atoms with Gasteiger partial charge in [0.1, 0.15) is 6.10 Å². The number of ether oxygens (including phenoxy) is 1. The third-order valence-electron chi connectivity index (χ3n) is 4.50. The zero-order valence-corrected chi connectivity index (χ0v) is 15.2. The minimum atomic E-state index is -0.375. The number of nitrogens with zero attached hydrogens (tertiary/aromatic N) is 2. The third kappa shape index (κ3) is 4.10. The van der Waals surface area contributed by atoms with Gasteiger partial charge in [-0.25, -0.2) is 4.68 Å². The van der Waals surface area contributed by atoms with Crippen LogP contribution in [0.2, 0.25) is 0 Å². The van der Waals surface area contributed by atoms with Crippen molar-refractivity contribution in [2.24, 2.45) is 0 Å². The molecular weight excluding hydrogens is 356 g/mol. The number of carbonyl (C=O) groups is 2. The van der Waals surface area contributed by atoms with Crippen LogP contribution in [0.4, 0.5) is 11.4 Å². The lowest BCUT2D eigenvalue weighted by Crippen LogP contribution is -2.26. The molecule has 0 bridgehead atoms. The lowest BCUT2D eigenvalue weighted by atomic mass is 10.2. The second-order valence-electron chi connectivity index (χ2n) is 6.53. The molecule has 7 heteroatoms. The topological polar surface area (TPSA) is 85.2 Å². The molecule has 1 fully saturated rings. The molecule has 1 saturated heterocycles. The van der Waals surface area contributed by atoms with Crippen LogP contribution in [0.1, 0.15) is 23.2 Å². The standard InChI is InChI=1S/C21H20N4O3/c26-20(15-13-22-25(14-15)18-5-2-1-3-6-18)23-16-8-10-17(11-9-16)24-21(27)19-7-4-12-28-19/h1-3,5-6,8-11,13-14,19H,4,7,12H2,(H,23,26)(H,24,27). The Bertz CT molecular complexity index is 961. The maximum Gasteiger partial charge on any atom is 0.258 e. The minimum absolute atomic E-state index is 0.136. The number of anilines is 2. The number of hydrogen-bond donors (Lipinski definition) is 2. The summed E-state index contributed by atoms with van der Waals surface area (Å²) in [6, 6.07) is 16.6. The number of para-hydroxylation sites is 1. The van der Waals surface area contributed by atoms with Crippen LogP contribution in [0.3, 0.4) is 0 Å². The van der Waals surface area contributed by atoms with Crippen molar-refractivity contribution in [1.82, 2.24) is 9.78 Å². The number of amides is 2. The molecular formula is C21H20N4O3. The van der Waals surface area contributed by atoms with Gasteiger partial charge in [0.15, 0.2) is 0 Å². The smallest absolute Gasteiger partial charge is 0.258 e. The van der Waals surface area contributed by atoms with Crippen molar-refractivity contribution in [3.05, 3.63) is 72.6 Å². The quantitative estimate of drug-likeness (QED) is 0.716. The van der Waals surface area contributed by atoms with Crippen molar-refractivity contribution in [2.75, 3.05) is 17.2 Å². The molecule has 3 aromatic rings. The molecule has 1 aromatic heterocycles. The Morgan fingerprint density at radius 1 is 1.00 bits per heavy atom. The predicted molar refractivity (Wildman–Crippen MR) is 106 cm³/mol. The van der Waals surface area contributed by atoms with Gasteiger partial charge in [-0.2, -0.15) is 5.10 Å². The Morgan fingerprint density at radius 3 is 2.39 bits per heavy atom. The first-order chi connectivity index (χ1) is 13.7. The molecule has 4 rings (SSSR count). The highest BCUT2D eigenvalue weighted by Gasteiger charge is 2.23. The first-order valence-corrected chi connectivity index (χ1v) is 9.13. The van der Waals surface area contributed by atoms with E-state index >= 15 is 0 Å². The molecule has 0 aliphatic carbocycles.